The summed E-state index contributed by atoms with van der Waals surface area (Å²) in [6.07, 6.45) is 0. The highest BCUT2D eigenvalue weighted by molar-refractivity contribution is 7.96. The molecule has 2 heterocycles. The lowest BCUT2D eigenvalue weighted by Gasteiger charge is -2.20. The van der Waals surface area contributed by atoms with Crippen LogP contribution in [0.3, 0.4) is 0 Å². The van der Waals surface area contributed by atoms with E-state index in [1.165, 1.54) is 24.3 Å². The molecule has 3 rings (SSSR count). The third-order valence-electron chi connectivity index (χ3n) is 4.26. The van der Waals surface area contributed by atoms with Gasteiger partial charge < -0.3 is 5.32 Å². The van der Waals surface area contributed by atoms with Crippen molar-refractivity contribution in [3.8, 4) is 0 Å². The van der Waals surface area contributed by atoms with E-state index in [9.17, 15) is 21.2 Å². The van der Waals surface area contributed by atoms with Crippen LogP contribution in [-0.4, -0.2) is 39.6 Å². The molecule has 0 unspecified atom stereocenters. The summed E-state index contributed by atoms with van der Waals surface area (Å²) in [5, 5.41) is 3.89. The van der Waals surface area contributed by atoms with Gasteiger partial charge >= 0.3 is 0 Å². The van der Waals surface area contributed by atoms with E-state index < -0.39 is 42.5 Å². The monoisotopic (exact) mass is 403 g/mol. The zero-order valence-electron chi connectivity index (χ0n) is 13.5. The summed E-state index contributed by atoms with van der Waals surface area (Å²) >= 11 is 1.51. The lowest BCUT2D eigenvalue weighted by atomic mass is 10.2. The van der Waals surface area contributed by atoms with E-state index in [-0.39, 0.29) is 16.2 Å². The summed E-state index contributed by atoms with van der Waals surface area (Å²) in [6.45, 7) is 1.92. The predicted octanol–water partition coefficient (Wildman–Crippen LogP) is 1.92. The van der Waals surface area contributed by atoms with Gasteiger partial charge in [-0.05, 0) is 42.1 Å². The number of halogens is 1. The smallest absolute Gasteiger partial charge is 0.184 e. The minimum atomic E-state index is -3.90. The van der Waals surface area contributed by atoms with Gasteiger partial charge in [0, 0.05) is 17.5 Å². The number of rotatable bonds is 5. The van der Waals surface area contributed by atoms with Crippen LogP contribution in [-0.2, 0) is 26.2 Å². The highest BCUT2D eigenvalue weighted by Gasteiger charge is 2.46. The molecular weight excluding hydrogens is 385 g/mol. The van der Waals surface area contributed by atoms with Crippen LogP contribution in [0.5, 0.6) is 0 Å². The van der Waals surface area contributed by atoms with Gasteiger partial charge in [-0.15, -0.1) is 11.3 Å². The fourth-order valence-electron chi connectivity index (χ4n) is 3.05. The molecule has 25 heavy (non-hydrogen) atoms. The molecule has 0 saturated carbocycles. The molecule has 136 valence electrons. The Labute approximate surface area is 150 Å². The van der Waals surface area contributed by atoms with Crippen LogP contribution in [0, 0.1) is 12.7 Å². The molecule has 1 aliphatic rings. The topological polar surface area (TPSA) is 80.3 Å². The first-order valence-corrected chi connectivity index (χ1v) is 11.9. The lowest BCUT2D eigenvalue weighted by Crippen LogP contribution is -2.43. The van der Waals surface area contributed by atoms with E-state index in [0.717, 1.165) is 17.0 Å². The fourth-order valence-corrected chi connectivity index (χ4v) is 8.65. The number of aryl methyl sites for hydroxylation is 1. The molecule has 2 aromatic rings. The Bertz CT molecular complexity index is 969. The van der Waals surface area contributed by atoms with E-state index in [1.807, 2.05) is 17.5 Å². The second kappa shape index (κ2) is 6.79. The molecule has 0 amide bonds. The van der Waals surface area contributed by atoms with Crippen LogP contribution in [0.2, 0.25) is 0 Å². The summed E-state index contributed by atoms with van der Waals surface area (Å²) < 4.78 is 63.4. The maximum absolute atomic E-state index is 13.3. The van der Waals surface area contributed by atoms with Gasteiger partial charge in [0.25, 0.3) is 0 Å². The predicted molar refractivity (Wildman–Crippen MR) is 95.7 cm³/mol. The van der Waals surface area contributed by atoms with Crippen molar-refractivity contribution >= 4 is 31.0 Å². The highest BCUT2D eigenvalue weighted by Crippen LogP contribution is 2.28. The molecule has 1 aromatic heterocycles. The van der Waals surface area contributed by atoms with Crippen LogP contribution < -0.4 is 5.32 Å². The maximum atomic E-state index is 13.3. The third kappa shape index (κ3) is 3.94. The van der Waals surface area contributed by atoms with Crippen molar-refractivity contribution < 1.29 is 21.2 Å². The molecule has 2 atom stereocenters. The number of nitrogens with one attached hydrogen (secondary N) is 1. The van der Waals surface area contributed by atoms with Crippen molar-refractivity contribution in [2.75, 3.05) is 11.5 Å². The number of sulfone groups is 2. The molecule has 1 saturated heterocycles. The zero-order valence-corrected chi connectivity index (χ0v) is 15.9. The van der Waals surface area contributed by atoms with Gasteiger partial charge in [0.1, 0.15) is 5.82 Å². The van der Waals surface area contributed by atoms with Gasteiger partial charge in [0.2, 0.25) is 0 Å². The largest absolute Gasteiger partial charge is 0.307 e. The van der Waals surface area contributed by atoms with E-state index >= 15 is 0 Å². The van der Waals surface area contributed by atoms with Crippen LogP contribution >= 0.6 is 11.3 Å². The minimum absolute atomic E-state index is 0.0149. The second-order valence-electron chi connectivity index (χ2n) is 6.14. The SMILES string of the molecule is Cc1cc(F)ccc1S(=O)(=O)[C@H]1CS(=O)(=O)C[C@@H]1NCc1cccs1. The summed E-state index contributed by atoms with van der Waals surface area (Å²) in [6, 6.07) is 6.52. The van der Waals surface area contributed by atoms with Crippen molar-refractivity contribution in [2.45, 2.75) is 29.7 Å². The molecule has 0 aliphatic carbocycles. The Morgan fingerprint density at radius 3 is 2.68 bits per heavy atom. The standard InChI is InChI=1S/C16H18FNO4S3/c1-11-7-12(17)4-5-15(11)25(21,22)16-10-24(19,20)9-14(16)18-8-13-3-2-6-23-13/h2-7,14,16,18H,8-10H2,1H3/t14-,16-/m0/s1. The van der Waals surface area contributed by atoms with Gasteiger partial charge in [-0.3, -0.25) is 0 Å². The van der Waals surface area contributed by atoms with Crippen molar-refractivity contribution in [3.05, 3.63) is 52.0 Å². The zero-order chi connectivity index (χ0) is 18.2. The van der Waals surface area contributed by atoms with Crippen molar-refractivity contribution in [1.82, 2.24) is 5.32 Å². The molecule has 1 aromatic carbocycles. The molecule has 9 heteroatoms. The fraction of sp³-hybridized carbons (Fsp3) is 0.375. The van der Waals surface area contributed by atoms with Crippen molar-refractivity contribution in [2.24, 2.45) is 0 Å². The summed E-state index contributed by atoms with van der Waals surface area (Å²) in [5.74, 6) is -1.17. The first kappa shape index (κ1) is 18.5. The molecule has 0 spiro atoms. The Morgan fingerprint density at radius 1 is 1.28 bits per heavy atom. The number of hydrogen-bond acceptors (Lipinski definition) is 6. The quantitative estimate of drug-likeness (QED) is 0.772. The van der Waals surface area contributed by atoms with Gasteiger partial charge in [-0.2, -0.15) is 0 Å². The van der Waals surface area contributed by atoms with Crippen molar-refractivity contribution in [1.29, 1.82) is 0 Å². The first-order valence-electron chi connectivity index (χ1n) is 7.65. The second-order valence-corrected chi connectivity index (χ2v) is 11.5. The number of thiophene rings is 1. The minimum Gasteiger partial charge on any atom is -0.307 e. The summed E-state index contributed by atoms with van der Waals surface area (Å²) in [5.41, 5.74) is 0.279. The Morgan fingerprint density at radius 2 is 2.04 bits per heavy atom. The maximum Gasteiger partial charge on any atom is 0.184 e. The average molecular weight is 404 g/mol. The molecule has 5 nitrogen and oxygen atoms in total. The van der Waals surface area contributed by atoms with E-state index in [2.05, 4.69) is 5.32 Å². The van der Waals surface area contributed by atoms with Gasteiger partial charge in [0.15, 0.2) is 19.7 Å². The van der Waals surface area contributed by atoms with Gasteiger partial charge in [0.05, 0.1) is 21.7 Å². The summed E-state index contributed by atoms with van der Waals surface area (Å²) in [7, 11) is -7.36. The molecule has 0 bridgehead atoms. The highest BCUT2D eigenvalue weighted by atomic mass is 32.2. The molecule has 0 radical (unpaired) electrons. The summed E-state index contributed by atoms with van der Waals surface area (Å²) in [4.78, 5) is 0.984. The molecule has 1 aliphatic heterocycles. The molecular formula is C16H18FNO4S3. The number of benzene rings is 1. The lowest BCUT2D eigenvalue weighted by molar-refractivity contribution is 0.527. The Kier molecular flexibility index (Phi) is 5.02. The van der Waals surface area contributed by atoms with E-state index in [1.54, 1.807) is 0 Å². The van der Waals surface area contributed by atoms with Crippen LogP contribution in [0.1, 0.15) is 10.4 Å². The molecule has 1 N–H and O–H groups in total. The third-order valence-corrected chi connectivity index (χ3v) is 9.45. The van der Waals surface area contributed by atoms with E-state index in [4.69, 9.17) is 0 Å². The van der Waals surface area contributed by atoms with Crippen molar-refractivity contribution in [3.63, 3.8) is 0 Å². The normalized spacial score (nSPS) is 23.0. The van der Waals surface area contributed by atoms with E-state index in [0.29, 0.717) is 6.54 Å². The Hall–Kier alpha value is -1.29. The molecule has 1 fully saturated rings. The average Bonchev–Trinajstić information content (AvgIpc) is 3.12. The van der Waals surface area contributed by atoms with Gasteiger partial charge in [-0.1, -0.05) is 6.07 Å². The van der Waals surface area contributed by atoms with Crippen LogP contribution in [0.25, 0.3) is 0 Å². The van der Waals surface area contributed by atoms with Gasteiger partial charge in [-0.25, -0.2) is 21.2 Å². The Balaban J connectivity index is 1.91. The number of hydrogen-bond donors (Lipinski definition) is 1. The van der Waals surface area contributed by atoms with Crippen LogP contribution in [0.15, 0.2) is 40.6 Å². The first-order chi connectivity index (χ1) is 11.7. The van der Waals surface area contributed by atoms with Crippen LogP contribution in [0.4, 0.5) is 4.39 Å².